The maximum absolute atomic E-state index is 13.7. The number of ether oxygens (including phenoxy) is 1. The molecule has 5 heterocycles. The lowest BCUT2D eigenvalue weighted by atomic mass is 10.1. The largest absolute Gasteiger partial charge is 0.497 e. The van der Waals surface area contributed by atoms with Crippen LogP contribution in [-0.4, -0.2) is 91.6 Å². The highest BCUT2D eigenvalue weighted by atomic mass is 32.1. The second-order valence-electron chi connectivity index (χ2n) is 11.7. The van der Waals surface area contributed by atoms with Crippen molar-refractivity contribution in [3.8, 4) is 5.75 Å². The summed E-state index contributed by atoms with van der Waals surface area (Å²) in [4.78, 5) is 27.6. The molecular formula is C34H38N10O2S. The van der Waals surface area contributed by atoms with Crippen LogP contribution < -0.4 is 15.4 Å². The van der Waals surface area contributed by atoms with Crippen molar-refractivity contribution in [1.82, 2.24) is 39.3 Å². The first-order valence-electron chi connectivity index (χ1n) is 15.9. The molecule has 1 aliphatic rings. The lowest BCUT2D eigenvalue weighted by molar-refractivity contribution is 0.102. The van der Waals surface area contributed by atoms with Crippen molar-refractivity contribution in [2.75, 3.05) is 57.0 Å². The Kier molecular flexibility index (Phi) is 8.83. The molecule has 7 rings (SSSR count). The number of rotatable bonds is 11. The smallest absolute Gasteiger partial charge is 0.258 e. The number of thiophene rings is 1. The summed E-state index contributed by atoms with van der Waals surface area (Å²) in [6.07, 6.45) is 3.47. The number of hydrogen-bond donors (Lipinski definition) is 2. The molecule has 12 nitrogen and oxygen atoms in total. The maximum atomic E-state index is 13.7. The molecule has 0 aliphatic carbocycles. The van der Waals surface area contributed by atoms with Gasteiger partial charge in [-0.1, -0.05) is 25.1 Å². The van der Waals surface area contributed by atoms with Gasteiger partial charge in [0.15, 0.2) is 11.6 Å². The summed E-state index contributed by atoms with van der Waals surface area (Å²) in [5, 5.41) is 18.7. The van der Waals surface area contributed by atoms with E-state index in [1.165, 1.54) is 17.7 Å². The Morgan fingerprint density at radius 3 is 2.57 bits per heavy atom. The third-order valence-electron chi connectivity index (χ3n) is 8.74. The lowest BCUT2D eigenvalue weighted by Crippen LogP contribution is -2.46. The maximum Gasteiger partial charge on any atom is 0.258 e. The number of likely N-dealkylation sites (N-methyl/N-ethyl adjacent to an activating group) is 1. The van der Waals surface area contributed by atoms with Gasteiger partial charge in [0.05, 0.1) is 52.9 Å². The number of benzene rings is 2. The summed E-state index contributed by atoms with van der Waals surface area (Å²) < 4.78 is 10.0. The van der Waals surface area contributed by atoms with Crippen LogP contribution in [0.2, 0.25) is 0 Å². The summed E-state index contributed by atoms with van der Waals surface area (Å²) in [6.45, 7) is 12.1. The van der Waals surface area contributed by atoms with E-state index >= 15 is 0 Å². The topological polar surface area (TPSA) is 118 Å². The number of carbonyl (C=O) groups excluding carboxylic acids is 1. The van der Waals surface area contributed by atoms with Gasteiger partial charge < -0.3 is 20.3 Å². The van der Waals surface area contributed by atoms with Crippen LogP contribution in [0.5, 0.6) is 5.75 Å². The number of methoxy groups -OCH3 is 1. The minimum Gasteiger partial charge on any atom is -0.497 e. The monoisotopic (exact) mass is 650 g/mol. The first-order chi connectivity index (χ1) is 23.0. The lowest BCUT2D eigenvalue weighted by Gasteiger charge is -2.33. The van der Waals surface area contributed by atoms with Crippen molar-refractivity contribution >= 4 is 55.7 Å². The van der Waals surface area contributed by atoms with Gasteiger partial charge in [-0.05, 0) is 43.3 Å². The van der Waals surface area contributed by atoms with Crippen molar-refractivity contribution in [2.45, 2.75) is 26.9 Å². The molecule has 0 atom stereocenters. The fraction of sp³-hybridized carbons (Fsp3) is 0.324. The Hall–Kier alpha value is -4.85. The number of amides is 1. The number of piperazine rings is 1. The second-order valence-corrected chi connectivity index (χ2v) is 12.5. The minimum atomic E-state index is -0.236. The van der Waals surface area contributed by atoms with E-state index in [0.717, 1.165) is 78.4 Å². The summed E-state index contributed by atoms with van der Waals surface area (Å²) in [7, 11) is 1.66. The van der Waals surface area contributed by atoms with Gasteiger partial charge in [0, 0.05) is 55.8 Å². The number of anilines is 3. The summed E-state index contributed by atoms with van der Waals surface area (Å²) in [5.74, 6) is 1.90. The number of aromatic nitrogens is 6. The van der Waals surface area contributed by atoms with Gasteiger partial charge in [0.25, 0.3) is 5.91 Å². The Bertz CT molecular complexity index is 2010. The second kappa shape index (κ2) is 13.5. The SMILES string of the molecule is CCN1CCN(CCn2ccc(Nc3ncnc4c(C(=O)Nc5cccc6c5c(C)nn6Cc5ccc(OC)cc5)csc34)n2)CC1. The number of nitrogens with one attached hydrogen (secondary N) is 2. The first kappa shape index (κ1) is 30.8. The van der Waals surface area contributed by atoms with E-state index in [1.54, 1.807) is 7.11 Å². The van der Waals surface area contributed by atoms with E-state index < -0.39 is 0 Å². The molecule has 1 aliphatic heterocycles. The Morgan fingerprint density at radius 1 is 0.979 bits per heavy atom. The molecule has 0 unspecified atom stereocenters. The third-order valence-corrected chi connectivity index (χ3v) is 9.71. The summed E-state index contributed by atoms with van der Waals surface area (Å²) >= 11 is 1.43. The van der Waals surface area contributed by atoms with Crippen LogP contribution in [0.15, 0.2) is 66.4 Å². The molecule has 6 aromatic rings. The van der Waals surface area contributed by atoms with Crippen molar-refractivity contribution in [2.24, 2.45) is 0 Å². The Balaban J connectivity index is 1.04. The first-order valence-corrected chi connectivity index (χ1v) is 16.7. The predicted molar refractivity (Wildman–Crippen MR) is 186 cm³/mol. The average Bonchev–Trinajstić information content (AvgIpc) is 3.82. The molecule has 2 N–H and O–H groups in total. The van der Waals surface area contributed by atoms with Crippen LogP contribution in [-0.2, 0) is 13.1 Å². The van der Waals surface area contributed by atoms with Gasteiger partial charge in [-0.3, -0.25) is 19.1 Å². The highest BCUT2D eigenvalue weighted by Gasteiger charge is 2.20. The molecule has 0 bridgehead atoms. The fourth-order valence-corrected chi connectivity index (χ4v) is 7.03. The normalized spacial score (nSPS) is 14.2. The predicted octanol–water partition coefficient (Wildman–Crippen LogP) is 5.24. The van der Waals surface area contributed by atoms with E-state index in [0.29, 0.717) is 34.9 Å². The van der Waals surface area contributed by atoms with Gasteiger partial charge in [0.1, 0.15) is 12.1 Å². The highest BCUT2D eigenvalue weighted by Crippen LogP contribution is 2.33. The van der Waals surface area contributed by atoms with Crippen molar-refractivity contribution < 1.29 is 9.53 Å². The van der Waals surface area contributed by atoms with E-state index in [1.807, 2.05) is 76.4 Å². The van der Waals surface area contributed by atoms with Gasteiger partial charge >= 0.3 is 0 Å². The van der Waals surface area contributed by atoms with Crippen molar-refractivity contribution in [1.29, 1.82) is 0 Å². The molecule has 1 fully saturated rings. The molecule has 0 saturated carbocycles. The molecular weight excluding hydrogens is 613 g/mol. The number of aryl methyl sites for hydroxylation is 1. The zero-order valence-corrected chi connectivity index (χ0v) is 27.6. The number of hydrogen-bond acceptors (Lipinski definition) is 10. The molecule has 0 radical (unpaired) electrons. The minimum absolute atomic E-state index is 0.236. The van der Waals surface area contributed by atoms with Gasteiger partial charge in [-0.2, -0.15) is 10.2 Å². The van der Waals surface area contributed by atoms with E-state index in [4.69, 9.17) is 14.9 Å². The molecule has 13 heteroatoms. The third kappa shape index (κ3) is 6.55. The number of nitrogens with zero attached hydrogens (tertiary/aromatic N) is 8. The molecule has 242 valence electrons. The Morgan fingerprint density at radius 2 is 1.79 bits per heavy atom. The van der Waals surface area contributed by atoms with Crippen LogP contribution >= 0.6 is 11.3 Å². The molecule has 4 aromatic heterocycles. The van der Waals surface area contributed by atoms with Gasteiger partial charge in [-0.25, -0.2) is 9.97 Å². The zero-order chi connectivity index (χ0) is 32.3. The number of fused-ring (bicyclic) bond motifs is 2. The van der Waals surface area contributed by atoms with E-state index in [2.05, 4.69) is 37.3 Å². The summed E-state index contributed by atoms with van der Waals surface area (Å²) in [6, 6.07) is 15.8. The number of carbonyl (C=O) groups is 1. The van der Waals surface area contributed by atoms with Crippen molar-refractivity contribution in [3.63, 3.8) is 0 Å². The average molecular weight is 651 g/mol. The van der Waals surface area contributed by atoms with Gasteiger partial charge in [0.2, 0.25) is 0 Å². The van der Waals surface area contributed by atoms with Crippen LogP contribution in [0, 0.1) is 6.92 Å². The molecule has 1 saturated heterocycles. The fourth-order valence-electron chi connectivity index (χ4n) is 6.09. The van der Waals surface area contributed by atoms with E-state index in [-0.39, 0.29) is 5.91 Å². The summed E-state index contributed by atoms with van der Waals surface area (Å²) in [5.41, 5.74) is 4.67. The Labute approximate surface area is 277 Å². The van der Waals surface area contributed by atoms with E-state index in [9.17, 15) is 4.79 Å². The van der Waals surface area contributed by atoms with Crippen LogP contribution in [0.25, 0.3) is 21.1 Å². The van der Waals surface area contributed by atoms with Crippen LogP contribution in [0.1, 0.15) is 28.5 Å². The van der Waals surface area contributed by atoms with Crippen LogP contribution in [0.3, 0.4) is 0 Å². The van der Waals surface area contributed by atoms with Crippen molar-refractivity contribution in [3.05, 3.63) is 83.3 Å². The highest BCUT2D eigenvalue weighted by molar-refractivity contribution is 7.18. The molecule has 1 amide bonds. The van der Waals surface area contributed by atoms with Crippen LogP contribution in [0.4, 0.5) is 17.3 Å². The quantitative estimate of drug-likeness (QED) is 0.194. The molecule has 0 spiro atoms. The zero-order valence-electron chi connectivity index (χ0n) is 26.8. The standard InChI is InChI=1S/C34H38N10O2S/c1-4-41-14-16-42(17-15-41)18-19-43-13-12-29(40-43)38-33-32-31(35-22-36-33)26(21-47-32)34(45)37-27-6-5-7-28-30(27)23(2)39-44(28)20-24-8-10-25(46-3)11-9-24/h5-13,21-22H,4,14-20H2,1-3H3,(H,37,45)(H,35,36,38,40). The molecule has 2 aromatic carbocycles. The molecule has 47 heavy (non-hydrogen) atoms. The van der Waals surface area contributed by atoms with Gasteiger partial charge in [-0.15, -0.1) is 11.3 Å².